The van der Waals surface area contributed by atoms with Gasteiger partial charge in [-0.3, -0.25) is 19.0 Å². The summed E-state index contributed by atoms with van der Waals surface area (Å²) in [5.41, 5.74) is -1.33. The van der Waals surface area contributed by atoms with E-state index in [9.17, 15) is 24.0 Å². The van der Waals surface area contributed by atoms with E-state index in [1.165, 1.54) is 27.4 Å². The van der Waals surface area contributed by atoms with Crippen molar-refractivity contribution in [1.29, 1.82) is 0 Å². The molecule has 13 nitrogen and oxygen atoms in total. The predicted octanol–water partition coefficient (Wildman–Crippen LogP) is -0.687. The zero-order chi connectivity index (χ0) is 25.9. The van der Waals surface area contributed by atoms with Gasteiger partial charge in [-0.1, -0.05) is 0 Å². The molecule has 0 saturated carbocycles. The Labute approximate surface area is 202 Å². The summed E-state index contributed by atoms with van der Waals surface area (Å²) < 4.78 is 8.79. The summed E-state index contributed by atoms with van der Waals surface area (Å²) in [6, 6.07) is 0. The molecule has 1 unspecified atom stereocenters. The third-order valence-corrected chi connectivity index (χ3v) is 5.73. The van der Waals surface area contributed by atoms with Crippen LogP contribution in [-0.4, -0.2) is 73.3 Å². The van der Waals surface area contributed by atoms with E-state index in [1.807, 2.05) is 0 Å². The third kappa shape index (κ3) is 6.08. The fraction of sp³-hybridized carbons (Fsp3) is 0.636. The zero-order valence-electron chi connectivity index (χ0n) is 20.8. The number of rotatable bonds is 6. The van der Waals surface area contributed by atoms with Crippen molar-refractivity contribution in [3.8, 4) is 0 Å². The lowest BCUT2D eigenvalue weighted by Crippen LogP contribution is -2.49. The Hall–Kier alpha value is -3.64. The van der Waals surface area contributed by atoms with E-state index in [1.54, 1.807) is 27.8 Å². The molecule has 1 fully saturated rings. The van der Waals surface area contributed by atoms with Gasteiger partial charge in [-0.25, -0.2) is 19.1 Å². The van der Waals surface area contributed by atoms with Crippen LogP contribution < -0.4 is 21.9 Å². The number of aryl methyl sites for hydroxylation is 2. The Morgan fingerprint density at radius 2 is 1.83 bits per heavy atom. The van der Waals surface area contributed by atoms with Crippen LogP contribution in [0.3, 0.4) is 0 Å². The molecule has 3 heterocycles. The maximum atomic E-state index is 13.0. The predicted molar refractivity (Wildman–Crippen MR) is 127 cm³/mol. The van der Waals surface area contributed by atoms with E-state index in [2.05, 4.69) is 15.6 Å². The fourth-order valence-electron chi connectivity index (χ4n) is 4.00. The molecule has 0 spiro atoms. The lowest BCUT2D eigenvalue weighted by atomic mass is 9.97. The highest BCUT2D eigenvalue weighted by molar-refractivity contribution is 5.81. The standard InChI is InChI=1S/C22H33N7O6/c1-22(2,3)35-20(33)24-9-8-23-18(31)14-7-6-10-28(11-14)15(30)12-29-19(32)16-17(25-13-26(16)4)27(5)21(29)34/h13-14H,6-12H2,1-5H3,(H,23,31)(H,24,33). The van der Waals surface area contributed by atoms with Crippen LogP contribution in [0.4, 0.5) is 4.79 Å². The van der Waals surface area contributed by atoms with E-state index in [0.29, 0.717) is 19.4 Å². The lowest BCUT2D eigenvalue weighted by Gasteiger charge is -2.32. The van der Waals surface area contributed by atoms with Gasteiger partial charge in [0, 0.05) is 40.3 Å². The highest BCUT2D eigenvalue weighted by Crippen LogP contribution is 2.17. The Morgan fingerprint density at radius 3 is 2.51 bits per heavy atom. The minimum Gasteiger partial charge on any atom is -0.444 e. The molecular weight excluding hydrogens is 458 g/mol. The van der Waals surface area contributed by atoms with Crippen LogP contribution in [0.5, 0.6) is 0 Å². The summed E-state index contributed by atoms with van der Waals surface area (Å²) in [6.07, 6.45) is 2.10. The van der Waals surface area contributed by atoms with Crippen LogP contribution in [0.15, 0.2) is 15.9 Å². The number of fused-ring (bicyclic) bond motifs is 1. The van der Waals surface area contributed by atoms with Crippen molar-refractivity contribution in [3.63, 3.8) is 0 Å². The average Bonchev–Trinajstić information content (AvgIpc) is 3.18. The molecule has 0 bridgehead atoms. The minimum absolute atomic E-state index is 0.188. The van der Waals surface area contributed by atoms with Crippen LogP contribution in [0, 0.1) is 5.92 Å². The van der Waals surface area contributed by atoms with E-state index in [4.69, 9.17) is 4.74 Å². The molecule has 0 aromatic carbocycles. The van der Waals surface area contributed by atoms with E-state index in [0.717, 1.165) is 4.57 Å². The number of nitrogens with one attached hydrogen (secondary N) is 2. The largest absolute Gasteiger partial charge is 0.444 e. The number of ether oxygens (including phenoxy) is 1. The minimum atomic E-state index is -0.627. The molecule has 0 radical (unpaired) electrons. The molecule has 3 amide bonds. The summed E-state index contributed by atoms with van der Waals surface area (Å²) in [5, 5.41) is 5.33. The number of imidazole rings is 1. The first-order chi connectivity index (χ1) is 16.4. The van der Waals surface area contributed by atoms with Crippen molar-refractivity contribution in [2.45, 2.75) is 45.8 Å². The first kappa shape index (κ1) is 26.0. The molecule has 2 N–H and O–H groups in total. The molecule has 1 saturated heterocycles. The molecule has 35 heavy (non-hydrogen) atoms. The molecule has 3 rings (SSSR count). The van der Waals surface area contributed by atoms with Crippen molar-refractivity contribution >= 4 is 29.1 Å². The third-order valence-electron chi connectivity index (χ3n) is 5.73. The zero-order valence-corrected chi connectivity index (χ0v) is 20.8. The van der Waals surface area contributed by atoms with Crippen molar-refractivity contribution in [3.05, 3.63) is 27.2 Å². The molecule has 1 aliphatic rings. The fourth-order valence-corrected chi connectivity index (χ4v) is 4.00. The van der Waals surface area contributed by atoms with Gasteiger partial charge in [0.15, 0.2) is 11.2 Å². The second-order valence-corrected chi connectivity index (χ2v) is 9.66. The van der Waals surface area contributed by atoms with Gasteiger partial charge in [-0.2, -0.15) is 0 Å². The Bertz CT molecular complexity index is 1240. The van der Waals surface area contributed by atoms with Crippen molar-refractivity contribution in [2.24, 2.45) is 20.0 Å². The second kappa shape index (κ2) is 10.3. The monoisotopic (exact) mass is 491 g/mol. The maximum Gasteiger partial charge on any atom is 0.407 e. The van der Waals surface area contributed by atoms with Gasteiger partial charge < -0.3 is 24.8 Å². The number of hydrogen-bond donors (Lipinski definition) is 2. The van der Waals surface area contributed by atoms with Gasteiger partial charge in [0.2, 0.25) is 11.8 Å². The Morgan fingerprint density at radius 1 is 1.14 bits per heavy atom. The van der Waals surface area contributed by atoms with Gasteiger partial charge in [0.05, 0.1) is 12.2 Å². The van der Waals surface area contributed by atoms with Crippen LogP contribution in [0.1, 0.15) is 33.6 Å². The summed E-state index contributed by atoms with van der Waals surface area (Å²) in [6.45, 7) is 5.92. The molecule has 1 aliphatic heterocycles. The SMILES string of the molecule is Cn1cnc2c1c(=O)n(CC(=O)N1CCCC(C(=O)NCCNC(=O)OC(C)(C)C)C1)c(=O)n2C. The number of amides is 3. The number of likely N-dealkylation sites (tertiary alicyclic amines) is 1. The number of alkyl carbamates (subject to hydrolysis) is 1. The smallest absolute Gasteiger partial charge is 0.407 e. The molecule has 2 aromatic rings. The van der Waals surface area contributed by atoms with Crippen molar-refractivity contribution < 1.29 is 19.1 Å². The molecule has 192 valence electrons. The van der Waals surface area contributed by atoms with Crippen LogP contribution >= 0.6 is 0 Å². The summed E-state index contributed by atoms with van der Waals surface area (Å²) in [4.78, 5) is 68.4. The first-order valence-corrected chi connectivity index (χ1v) is 11.5. The summed E-state index contributed by atoms with van der Waals surface area (Å²) in [7, 11) is 3.14. The van der Waals surface area contributed by atoms with Gasteiger partial charge >= 0.3 is 11.8 Å². The van der Waals surface area contributed by atoms with Gasteiger partial charge in [0.1, 0.15) is 12.1 Å². The van der Waals surface area contributed by atoms with Crippen LogP contribution in [0.2, 0.25) is 0 Å². The number of carbonyl (C=O) groups excluding carboxylic acids is 3. The highest BCUT2D eigenvalue weighted by atomic mass is 16.6. The second-order valence-electron chi connectivity index (χ2n) is 9.66. The summed E-state index contributed by atoms with van der Waals surface area (Å²) >= 11 is 0. The van der Waals surface area contributed by atoms with Crippen LogP contribution in [0.25, 0.3) is 11.2 Å². The van der Waals surface area contributed by atoms with E-state index >= 15 is 0 Å². The Kier molecular flexibility index (Phi) is 7.66. The number of piperidine rings is 1. The topological polar surface area (TPSA) is 150 Å². The first-order valence-electron chi connectivity index (χ1n) is 11.5. The van der Waals surface area contributed by atoms with Gasteiger partial charge in [0.25, 0.3) is 5.56 Å². The molecule has 2 aromatic heterocycles. The molecular formula is C22H33N7O6. The molecule has 1 atom stereocenters. The summed E-state index contributed by atoms with van der Waals surface area (Å²) in [5.74, 6) is -1.05. The van der Waals surface area contributed by atoms with Gasteiger partial charge in [-0.05, 0) is 33.6 Å². The van der Waals surface area contributed by atoms with Crippen LogP contribution in [-0.2, 0) is 35.0 Å². The highest BCUT2D eigenvalue weighted by Gasteiger charge is 2.29. The van der Waals surface area contributed by atoms with E-state index in [-0.39, 0.29) is 36.7 Å². The van der Waals surface area contributed by atoms with Crippen molar-refractivity contribution in [1.82, 2.24) is 34.2 Å². The number of nitrogens with zero attached hydrogens (tertiary/aromatic N) is 5. The van der Waals surface area contributed by atoms with Crippen molar-refractivity contribution in [2.75, 3.05) is 26.2 Å². The lowest BCUT2D eigenvalue weighted by molar-refractivity contribution is -0.136. The maximum absolute atomic E-state index is 13.0. The average molecular weight is 492 g/mol. The number of carbonyl (C=O) groups is 3. The molecule has 13 heteroatoms. The normalized spacial score (nSPS) is 16.3. The van der Waals surface area contributed by atoms with E-state index < -0.39 is 41.3 Å². The van der Waals surface area contributed by atoms with Gasteiger partial charge in [-0.15, -0.1) is 0 Å². The number of hydrogen-bond acceptors (Lipinski definition) is 7. The molecule has 0 aliphatic carbocycles. The Balaban J connectivity index is 1.57. The quantitative estimate of drug-likeness (QED) is 0.508. The number of aromatic nitrogens is 4.